The predicted octanol–water partition coefficient (Wildman–Crippen LogP) is 13.5. The van der Waals surface area contributed by atoms with E-state index in [0.717, 1.165) is 56.1 Å². The van der Waals surface area contributed by atoms with Gasteiger partial charge in [0.15, 0.2) is 0 Å². The Morgan fingerprint density at radius 2 is 1.00 bits per heavy atom. The van der Waals surface area contributed by atoms with Gasteiger partial charge in [-0.05, 0) is 78.9 Å². The van der Waals surface area contributed by atoms with E-state index in [2.05, 4.69) is 143 Å². The third-order valence-corrected chi connectivity index (χ3v) is 10.1. The van der Waals surface area contributed by atoms with Crippen molar-refractivity contribution in [1.29, 1.82) is 0 Å². The Morgan fingerprint density at radius 3 is 1.70 bits per heavy atom. The number of benzene rings is 7. The van der Waals surface area contributed by atoms with Crippen LogP contribution in [0.25, 0.3) is 42.1 Å². The van der Waals surface area contributed by atoms with E-state index >= 15 is 0 Å². The van der Waals surface area contributed by atoms with Crippen molar-refractivity contribution in [2.45, 2.75) is 0 Å². The lowest BCUT2D eigenvalue weighted by Gasteiger charge is -2.26. The van der Waals surface area contributed by atoms with Crippen molar-refractivity contribution in [3.8, 4) is 0 Å². The standard InChI is InChI=1S/C42H27ClN2OS/c43-37-27-40-35(33-18-10-11-19-39(33)46-40)26-38(37)45(30-16-8-3-9-17-30)32-20-22-34-36-24-31(21-23-41(36)47-42(34)25-32)44(28-12-4-1-5-13-28)29-14-6-2-7-15-29/h1-27H. The molecule has 2 heterocycles. The Balaban J connectivity index is 1.20. The minimum atomic E-state index is 0.628. The molecule has 0 atom stereocenters. The van der Waals surface area contributed by atoms with Crippen molar-refractivity contribution < 1.29 is 4.42 Å². The Kier molecular flexibility index (Phi) is 6.70. The van der Waals surface area contributed by atoms with Crippen LogP contribution in [-0.2, 0) is 0 Å². The van der Waals surface area contributed by atoms with Gasteiger partial charge in [-0.2, -0.15) is 0 Å². The molecule has 0 saturated heterocycles. The maximum atomic E-state index is 7.05. The maximum absolute atomic E-state index is 7.05. The van der Waals surface area contributed by atoms with Gasteiger partial charge < -0.3 is 14.2 Å². The number of furan rings is 1. The molecule has 0 saturated carbocycles. The van der Waals surface area contributed by atoms with Crippen molar-refractivity contribution in [3.63, 3.8) is 0 Å². The smallest absolute Gasteiger partial charge is 0.137 e. The SMILES string of the molecule is Clc1cc2oc3ccccc3c2cc1N(c1ccccc1)c1ccc2c(c1)sc1ccc(N(c3ccccc3)c3ccccc3)cc12. The zero-order chi connectivity index (χ0) is 31.3. The third-order valence-electron chi connectivity index (χ3n) is 8.69. The summed E-state index contributed by atoms with van der Waals surface area (Å²) in [5.41, 5.74) is 7.98. The second-order valence-corrected chi connectivity index (χ2v) is 13.0. The minimum Gasteiger partial charge on any atom is -0.456 e. The second-order valence-electron chi connectivity index (χ2n) is 11.5. The van der Waals surface area contributed by atoms with Crippen LogP contribution in [0.5, 0.6) is 0 Å². The highest BCUT2D eigenvalue weighted by molar-refractivity contribution is 7.25. The van der Waals surface area contributed by atoms with Crippen LogP contribution in [0.3, 0.4) is 0 Å². The van der Waals surface area contributed by atoms with E-state index in [9.17, 15) is 0 Å². The molecule has 5 heteroatoms. The first-order valence-electron chi connectivity index (χ1n) is 15.5. The summed E-state index contributed by atoms with van der Waals surface area (Å²) in [5, 5.41) is 5.21. The van der Waals surface area contributed by atoms with E-state index in [4.69, 9.17) is 16.0 Å². The van der Waals surface area contributed by atoms with Crippen LogP contribution in [0.2, 0.25) is 5.02 Å². The third kappa shape index (κ3) is 4.81. The highest BCUT2D eigenvalue weighted by Gasteiger charge is 2.20. The van der Waals surface area contributed by atoms with Gasteiger partial charge in [-0.25, -0.2) is 0 Å². The number of halogens is 1. The summed E-state index contributed by atoms with van der Waals surface area (Å²) in [6, 6.07) is 57.2. The summed E-state index contributed by atoms with van der Waals surface area (Å²) in [6.45, 7) is 0. The van der Waals surface area contributed by atoms with Gasteiger partial charge in [-0.1, -0.05) is 90.5 Å². The number of nitrogens with zero attached hydrogens (tertiary/aromatic N) is 2. The van der Waals surface area contributed by atoms with Crippen LogP contribution in [0.15, 0.2) is 168 Å². The lowest BCUT2D eigenvalue weighted by molar-refractivity contribution is 0.669. The average molecular weight is 643 g/mol. The quantitative estimate of drug-likeness (QED) is 0.180. The molecule has 224 valence electrons. The molecule has 9 rings (SSSR count). The van der Waals surface area contributed by atoms with E-state index in [1.807, 2.05) is 41.7 Å². The van der Waals surface area contributed by atoms with Gasteiger partial charge in [0.2, 0.25) is 0 Å². The number of para-hydroxylation sites is 4. The molecular weight excluding hydrogens is 616 g/mol. The van der Waals surface area contributed by atoms with Crippen LogP contribution >= 0.6 is 22.9 Å². The first-order chi connectivity index (χ1) is 23.2. The van der Waals surface area contributed by atoms with E-state index in [1.54, 1.807) is 0 Å². The van der Waals surface area contributed by atoms with Crippen molar-refractivity contribution in [1.82, 2.24) is 0 Å². The van der Waals surface area contributed by atoms with E-state index < -0.39 is 0 Å². The second kappa shape index (κ2) is 11.4. The first kappa shape index (κ1) is 27.7. The highest BCUT2D eigenvalue weighted by Crippen LogP contribution is 2.46. The van der Waals surface area contributed by atoms with Gasteiger partial charge in [-0.3, -0.25) is 0 Å². The van der Waals surface area contributed by atoms with E-state index in [1.165, 1.54) is 20.2 Å². The summed E-state index contributed by atoms with van der Waals surface area (Å²) >= 11 is 8.86. The highest BCUT2D eigenvalue weighted by atomic mass is 35.5. The Labute approximate surface area is 281 Å². The van der Waals surface area contributed by atoms with E-state index in [0.29, 0.717) is 5.02 Å². The molecular formula is C42H27ClN2OS. The zero-order valence-electron chi connectivity index (χ0n) is 25.2. The maximum Gasteiger partial charge on any atom is 0.137 e. The fourth-order valence-electron chi connectivity index (χ4n) is 6.54. The predicted molar refractivity (Wildman–Crippen MR) is 201 cm³/mol. The molecule has 3 nitrogen and oxygen atoms in total. The fraction of sp³-hybridized carbons (Fsp3) is 0. The largest absolute Gasteiger partial charge is 0.456 e. The molecule has 9 aromatic rings. The van der Waals surface area contributed by atoms with E-state index in [-0.39, 0.29) is 0 Å². The summed E-state index contributed by atoms with van der Waals surface area (Å²) < 4.78 is 8.61. The molecule has 0 aliphatic heterocycles. The summed E-state index contributed by atoms with van der Waals surface area (Å²) in [6.07, 6.45) is 0. The van der Waals surface area contributed by atoms with Gasteiger partial charge in [0.25, 0.3) is 0 Å². The number of fused-ring (bicyclic) bond motifs is 6. The number of thiophene rings is 1. The van der Waals surface area contributed by atoms with Gasteiger partial charge in [-0.15, -0.1) is 11.3 Å². The molecule has 0 radical (unpaired) electrons. The first-order valence-corrected chi connectivity index (χ1v) is 16.7. The molecule has 0 unspecified atom stereocenters. The Hall–Kier alpha value is -5.55. The molecule has 0 fully saturated rings. The van der Waals surface area contributed by atoms with Gasteiger partial charge in [0, 0.05) is 65.4 Å². The van der Waals surface area contributed by atoms with Gasteiger partial charge in [0.1, 0.15) is 11.2 Å². The van der Waals surface area contributed by atoms with Crippen molar-refractivity contribution in [2.75, 3.05) is 9.80 Å². The van der Waals surface area contributed by atoms with Crippen molar-refractivity contribution >= 4 is 99.2 Å². The summed E-state index contributed by atoms with van der Waals surface area (Å²) in [4.78, 5) is 4.55. The molecule has 0 aliphatic carbocycles. The van der Waals surface area contributed by atoms with Crippen LogP contribution < -0.4 is 9.80 Å². The number of hydrogen-bond donors (Lipinski definition) is 0. The number of hydrogen-bond acceptors (Lipinski definition) is 4. The average Bonchev–Trinajstić information content (AvgIpc) is 3.67. The molecule has 0 spiro atoms. The molecule has 0 N–H and O–H groups in total. The molecule has 0 amide bonds. The Bertz CT molecular complexity index is 2500. The zero-order valence-corrected chi connectivity index (χ0v) is 26.7. The lowest BCUT2D eigenvalue weighted by atomic mass is 10.1. The summed E-state index contributed by atoms with van der Waals surface area (Å²) in [7, 11) is 0. The Morgan fingerprint density at radius 1 is 0.404 bits per heavy atom. The molecule has 0 aliphatic rings. The molecule has 47 heavy (non-hydrogen) atoms. The van der Waals surface area contributed by atoms with Crippen LogP contribution in [0.4, 0.5) is 34.1 Å². The van der Waals surface area contributed by atoms with Crippen LogP contribution in [0.1, 0.15) is 0 Å². The summed E-state index contributed by atoms with van der Waals surface area (Å²) in [5.74, 6) is 0. The molecule has 0 bridgehead atoms. The van der Waals surface area contributed by atoms with Crippen LogP contribution in [0, 0.1) is 0 Å². The lowest BCUT2D eigenvalue weighted by Crippen LogP contribution is -2.10. The fourth-order valence-corrected chi connectivity index (χ4v) is 7.90. The molecule has 2 aromatic heterocycles. The minimum absolute atomic E-state index is 0.628. The van der Waals surface area contributed by atoms with Gasteiger partial charge in [0.05, 0.1) is 10.7 Å². The molecule has 7 aromatic carbocycles. The number of anilines is 6. The topological polar surface area (TPSA) is 19.6 Å². The number of rotatable bonds is 6. The van der Waals surface area contributed by atoms with Crippen molar-refractivity contribution in [3.05, 3.63) is 169 Å². The monoisotopic (exact) mass is 642 g/mol. The van der Waals surface area contributed by atoms with Crippen molar-refractivity contribution in [2.24, 2.45) is 0 Å². The van der Waals surface area contributed by atoms with Gasteiger partial charge >= 0.3 is 0 Å². The normalized spacial score (nSPS) is 11.5. The van der Waals surface area contributed by atoms with Crippen LogP contribution in [-0.4, -0.2) is 0 Å².